The predicted octanol–water partition coefficient (Wildman–Crippen LogP) is 4.43. The van der Waals surface area contributed by atoms with E-state index in [2.05, 4.69) is 6.07 Å². The first-order valence-electron chi connectivity index (χ1n) is 9.99. The van der Waals surface area contributed by atoms with Crippen LogP contribution in [0, 0.1) is 18.3 Å². The highest BCUT2D eigenvalue weighted by atomic mass is 32.2. The quantitative estimate of drug-likeness (QED) is 0.792. The van der Waals surface area contributed by atoms with Crippen molar-refractivity contribution in [2.75, 3.05) is 5.75 Å². The van der Waals surface area contributed by atoms with Crippen molar-refractivity contribution in [2.45, 2.75) is 44.9 Å². The van der Waals surface area contributed by atoms with Gasteiger partial charge in [0.2, 0.25) is 5.91 Å². The Balaban J connectivity index is 1.71. The summed E-state index contributed by atoms with van der Waals surface area (Å²) in [5.41, 5.74) is 1.73. The molecular weight excluding hydrogens is 396 g/mol. The van der Waals surface area contributed by atoms with Crippen molar-refractivity contribution >= 4 is 17.7 Å². The summed E-state index contributed by atoms with van der Waals surface area (Å²) in [7, 11) is 0. The van der Waals surface area contributed by atoms with E-state index in [-0.39, 0.29) is 24.3 Å². The van der Waals surface area contributed by atoms with E-state index in [0.717, 1.165) is 16.9 Å². The van der Waals surface area contributed by atoms with Gasteiger partial charge in [0, 0.05) is 17.9 Å². The molecule has 0 aliphatic carbocycles. The average Bonchev–Trinajstić information content (AvgIpc) is 3.08. The highest BCUT2D eigenvalue weighted by Crippen LogP contribution is 2.51. The molecule has 2 atom stereocenters. The molecule has 4 rings (SSSR count). The van der Waals surface area contributed by atoms with Crippen molar-refractivity contribution < 1.29 is 14.6 Å². The molecule has 2 aliphatic rings. The molecule has 0 spiro atoms. The largest absolute Gasteiger partial charge is 0.491 e. The minimum absolute atomic E-state index is 0.0757. The maximum Gasteiger partial charge on any atom is 0.231 e. The summed E-state index contributed by atoms with van der Waals surface area (Å²) in [6.07, 6.45) is 0.220. The van der Waals surface area contributed by atoms with Crippen LogP contribution in [0.3, 0.4) is 0 Å². The lowest BCUT2D eigenvalue weighted by Gasteiger charge is -2.38. The maximum absolute atomic E-state index is 13.2. The van der Waals surface area contributed by atoms with E-state index >= 15 is 0 Å². The predicted molar refractivity (Wildman–Crippen MR) is 117 cm³/mol. The fourth-order valence-corrected chi connectivity index (χ4v) is 5.35. The summed E-state index contributed by atoms with van der Waals surface area (Å²) in [6.45, 7) is 5.91. The Hall–Kier alpha value is -2.75. The molecule has 30 heavy (non-hydrogen) atoms. The third-order valence-electron chi connectivity index (χ3n) is 5.48. The van der Waals surface area contributed by atoms with Gasteiger partial charge in [-0.1, -0.05) is 42.0 Å². The Labute approximate surface area is 181 Å². The number of amides is 1. The highest BCUT2D eigenvalue weighted by molar-refractivity contribution is 8.03. The zero-order chi connectivity index (χ0) is 21.5. The number of hydrogen-bond acceptors (Lipinski definition) is 5. The van der Waals surface area contributed by atoms with Gasteiger partial charge in [-0.3, -0.25) is 9.69 Å². The van der Waals surface area contributed by atoms with E-state index in [1.54, 1.807) is 0 Å². The zero-order valence-electron chi connectivity index (χ0n) is 17.3. The van der Waals surface area contributed by atoms with E-state index in [1.807, 2.05) is 69.3 Å². The second-order valence-electron chi connectivity index (χ2n) is 8.02. The van der Waals surface area contributed by atoms with Gasteiger partial charge in [0.05, 0.1) is 28.5 Å². The van der Waals surface area contributed by atoms with Gasteiger partial charge in [-0.25, -0.2) is 0 Å². The lowest BCUT2D eigenvalue weighted by molar-refractivity contribution is -0.149. The monoisotopic (exact) mass is 420 g/mol. The third-order valence-corrected chi connectivity index (χ3v) is 6.70. The molecule has 1 N–H and O–H groups in total. The molecule has 1 fully saturated rings. The van der Waals surface area contributed by atoms with Crippen LogP contribution in [0.1, 0.15) is 42.9 Å². The van der Waals surface area contributed by atoms with Gasteiger partial charge in [-0.2, -0.15) is 5.26 Å². The molecule has 0 unspecified atom stereocenters. The Morgan fingerprint density at radius 3 is 2.47 bits per heavy atom. The minimum atomic E-state index is -1.44. The minimum Gasteiger partial charge on any atom is -0.491 e. The fraction of sp³-hybridized carbons (Fsp3) is 0.333. The standard InChI is InChI=1S/C24H24N2O3S/c1-15(2)29-19-10-6-17(7-11-19)20-12-22(27)26-23(21(20)13-25)30-14-24(26,28)18-8-4-16(3)5-9-18/h4-11,15,20,28H,12,14H2,1-3H3/t20-,24+/m0/s1. The molecule has 0 bridgehead atoms. The molecule has 2 aromatic carbocycles. The van der Waals surface area contributed by atoms with Gasteiger partial charge in [-0.15, -0.1) is 11.8 Å². The van der Waals surface area contributed by atoms with Crippen molar-refractivity contribution in [3.63, 3.8) is 0 Å². The van der Waals surface area contributed by atoms with E-state index < -0.39 is 5.72 Å². The number of thioether (sulfide) groups is 1. The third kappa shape index (κ3) is 3.49. The van der Waals surface area contributed by atoms with Crippen molar-refractivity contribution in [2.24, 2.45) is 0 Å². The lowest BCUT2D eigenvalue weighted by atomic mass is 9.85. The Morgan fingerprint density at radius 1 is 1.20 bits per heavy atom. The maximum atomic E-state index is 13.2. The van der Waals surface area contributed by atoms with Crippen molar-refractivity contribution in [1.82, 2.24) is 4.90 Å². The molecule has 0 saturated carbocycles. The van der Waals surface area contributed by atoms with Crippen molar-refractivity contribution in [3.8, 4) is 11.8 Å². The van der Waals surface area contributed by atoms with Crippen LogP contribution < -0.4 is 4.74 Å². The fourth-order valence-electron chi connectivity index (χ4n) is 3.99. The molecule has 2 aliphatic heterocycles. The van der Waals surface area contributed by atoms with Crippen molar-refractivity contribution in [1.29, 1.82) is 5.26 Å². The molecule has 1 amide bonds. The molecule has 154 valence electrons. The molecule has 6 heteroatoms. The normalized spacial score (nSPS) is 23.5. The Morgan fingerprint density at radius 2 is 1.87 bits per heavy atom. The van der Waals surface area contributed by atoms with Gasteiger partial charge in [-0.05, 0) is 38.5 Å². The SMILES string of the molecule is Cc1ccc([C@]2(O)CSC3=C(C#N)[C@H](c4ccc(OC(C)C)cc4)CC(=O)N32)cc1. The van der Waals surface area contributed by atoms with E-state index in [1.165, 1.54) is 16.7 Å². The number of aryl methyl sites for hydroxylation is 1. The Bertz CT molecular complexity index is 1040. The smallest absolute Gasteiger partial charge is 0.231 e. The molecular formula is C24H24N2O3S. The molecule has 2 heterocycles. The average molecular weight is 421 g/mol. The first-order chi connectivity index (χ1) is 14.3. The number of ether oxygens (including phenoxy) is 1. The number of benzene rings is 2. The molecule has 2 aromatic rings. The van der Waals surface area contributed by atoms with Gasteiger partial charge in [0.15, 0.2) is 5.72 Å². The highest BCUT2D eigenvalue weighted by Gasteiger charge is 2.51. The van der Waals surface area contributed by atoms with Crippen LogP contribution in [-0.2, 0) is 10.5 Å². The molecule has 1 saturated heterocycles. The molecule has 0 radical (unpaired) electrons. The van der Waals surface area contributed by atoms with Crippen LogP contribution in [0.5, 0.6) is 5.75 Å². The molecule has 0 aromatic heterocycles. The second kappa shape index (κ2) is 7.82. The van der Waals surface area contributed by atoms with Crippen LogP contribution in [0.15, 0.2) is 59.1 Å². The van der Waals surface area contributed by atoms with Gasteiger partial charge < -0.3 is 9.84 Å². The number of hydrogen-bond donors (Lipinski definition) is 1. The zero-order valence-corrected chi connectivity index (χ0v) is 18.1. The van der Waals surface area contributed by atoms with Crippen molar-refractivity contribution in [3.05, 3.63) is 75.8 Å². The molecule has 5 nitrogen and oxygen atoms in total. The lowest BCUT2D eigenvalue weighted by Crippen LogP contribution is -2.48. The summed E-state index contributed by atoms with van der Waals surface area (Å²) in [4.78, 5) is 14.6. The van der Waals surface area contributed by atoms with Gasteiger partial charge in [0.25, 0.3) is 0 Å². The summed E-state index contributed by atoms with van der Waals surface area (Å²) >= 11 is 1.37. The number of nitrogens with zero attached hydrogens (tertiary/aromatic N) is 2. The van der Waals surface area contributed by atoms with Crippen LogP contribution in [0.25, 0.3) is 0 Å². The second-order valence-corrected chi connectivity index (χ2v) is 8.99. The topological polar surface area (TPSA) is 73.6 Å². The number of fused-ring (bicyclic) bond motifs is 1. The summed E-state index contributed by atoms with van der Waals surface area (Å²) < 4.78 is 5.70. The number of carbonyl (C=O) groups is 1. The summed E-state index contributed by atoms with van der Waals surface area (Å²) in [5, 5.41) is 21.9. The van der Waals surface area contributed by atoms with Crippen LogP contribution in [0.2, 0.25) is 0 Å². The summed E-state index contributed by atoms with van der Waals surface area (Å²) in [6, 6.07) is 17.4. The summed E-state index contributed by atoms with van der Waals surface area (Å²) in [5.74, 6) is 0.558. The first-order valence-corrected chi connectivity index (χ1v) is 11.0. The number of allylic oxidation sites excluding steroid dienone is 1. The number of rotatable bonds is 4. The van der Waals surface area contributed by atoms with Gasteiger partial charge in [0.1, 0.15) is 5.75 Å². The van der Waals surface area contributed by atoms with Crippen LogP contribution in [-0.4, -0.2) is 27.8 Å². The first kappa shape index (κ1) is 20.5. The number of nitriles is 1. The van der Waals surface area contributed by atoms with E-state index in [9.17, 15) is 15.2 Å². The van der Waals surface area contributed by atoms with Crippen LogP contribution in [0.4, 0.5) is 0 Å². The Kier molecular flexibility index (Phi) is 5.35. The van der Waals surface area contributed by atoms with E-state index in [0.29, 0.717) is 21.9 Å². The van der Waals surface area contributed by atoms with E-state index in [4.69, 9.17) is 4.74 Å². The van der Waals surface area contributed by atoms with Crippen LogP contribution >= 0.6 is 11.8 Å². The number of aliphatic hydroxyl groups is 1. The van der Waals surface area contributed by atoms with Gasteiger partial charge >= 0.3 is 0 Å². The number of carbonyl (C=O) groups excluding carboxylic acids is 1.